The molecule has 0 aromatic carbocycles. The molecule has 2 aromatic heterocycles. The minimum absolute atomic E-state index is 0.0560. The number of anilines is 1. The van der Waals surface area contributed by atoms with E-state index in [1.54, 1.807) is 18.4 Å². The van der Waals surface area contributed by atoms with Crippen LogP contribution in [0.4, 0.5) is 5.69 Å². The first-order valence-corrected chi connectivity index (χ1v) is 8.45. The molecular weight excluding hydrogens is 294 g/mol. The highest BCUT2D eigenvalue weighted by Crippen LogP contribution is 2.23. The van der Waals surface area contributed by atoms with Crippen molar-refractivity contribution >= 4 is 27.0 Å². The monoisotopic (exact) mass is 311 g/mol. The normalized spacial score (nSPS) is 13.6. The minimum atomic E-state index is -3.62. The summed E-state index contributed by atoms with van der Waals surface area (Å²) in [5, 5.41) is 1.98. The van der Waals surface area contributed by atoms with Crippen LogP contribution in [0, 0.1) is 0 Å². The fraction of sp³-hybridized carbons (Fsp3) is 0.308. The van der Waals surface area contributed by atoms with Crippen LogP contribution in [0.1, 0.15) is 11.8 Å². The molecule has 1 atom stereocenters. The highest BCUT2D eigenvalue weighted by Gasteiger charge is 2.27. The van der Waals surface area contributed by atoms with Crippen LogP contribution >= 0.6 is 11.3 Å². The predicted molar refractivity (Wildman–Crippen MR) is 81.1 cm³/mol. The van der Waals surface area contributed by atoms with Gasteiger partial charge in [0.25, 0.3) is 0 Å². The molecule has 7 heteroatoms. The topological polar surface area (TPSA) is 76.3 Å². The fourth-order valence-electron chi connectivity index (χ4n) is 1.85. The minimum Gasteiger partial charge on any atom is -0.398 e. The van der Waals surface area contributed by atoms with Crippen molar-refractivity contribution in [3.63, 3.8) is 0 Å². The summed E-state index contributed by atoms with van der Waals surface area (Å²) in [5.41, 5.74) is 5.95. The summed E-state index contributed by atoms with van der Waals surface area (Å²) in [6, 6.07) is 5.30. The van der Waals surface area contributed by atoms with E-state index in [0.29, 0.717) is 6.42 Å². The molecule has 2 rings (SSSR count). The molecule has 0 spiro atoms. The van der Waals surface area contributed by atoms with Gasteiger partial charge in [0.15, 0.2) is 0 Å². The lowest BCUT2D eigenvalue weighted by Gasteiger charge is -2.24. The van der Waals surface area contributed by atoms with Gasteiger partial charge in [0, 0.05) is 30.4 Å². The van der Waals surface area contributed by atoms with Gasteiger partial charge in [-0.1, -0.05) is 6.07 Å². The zero-order valence-electron chi connectivity index (χ0n) is 11.4. The van der Waals surface area contributed by atoms with Gasteiger partial charge in [0.05, 0.1) is 5.69 Å². The Hall–Kier alpha value is -1.44. The third-order valence-corrected chi connectivity index (χ3v) is 6.08. The predicted octanol–water partition coefficient (Wildman–Crippen LogP) is 1.98. The Balaban J connectivity index is 2.23. The van der Waals surface area contributed by atoms with E-state index in [1.807, 2.05) is 24.4 Å². The van der Waals surface area contributed by atoms with Gasteiger partial charge in [0.2, 0.25) is 10.0 Å². The SMILES string of the molecule is CC(Cc1cccs1)N(C)S(=O)(=O)c1cnccc1N. The van der Waals surface area contributed by atoms with Crippen LogP contribution in [0.5, 0.6) is 0 Å². The highest BCUT2D eigenvalue weighted by molar-refractivity contribution is 7.89. The Bertz CT molecular complexity index is 669. The number of thiophene rings is 1. The second-order valence-corrected chi connectivity index (χ2v) is 7.57. The standard InChI is InChI=1S/C13H17N3O2S2/c1-10(8-11-4-3-7-19-11)16(2)20(17,18)13-9-15-6-5-12(13)14/h3-7,9-10H,8H2,1-2H3,(H2,14,15). The van der Waals surface area contributed by atoms with Crippen molar-refractivity contribution in [3.8, 4) is 0 Å². The molecule has 0 aliphatic heterocycles. The molecule has 2 heterocycles. The van der Waals surface area contributed by atoms with E-state index in [0.717, 1.165) is 4.88 Å². The van der Waals surface area contributed by atoms with Crippen LogP contribution in [0.15, 0.2) is 40.9 Å². The third-order valence-electron chi connectivity index (χ3n) is 3.17. The average Bonchev–Trinajstić information content (AvgIpc) is 2.90. The molecule has 20 heavy (non-hydrogen) atoms. The van der Waals surface area contributed by atoms with E-state index in [4.69, 9.17) is 5.73 Å². The average molecular weight is 311 g/mol. The van der Waals surface area contributed by atoms with Gasteiger partial charge in [-0.3, -0.25) is 4.98 Å². The van der Waals surface area contributed by atoms with E-state index in [9.17, 15) is 8.42 Å². The number of pyridine rings is 1. The maximum Gasteiger partial charge on any atom is 0.246 e. The first kappa shape index (κ1) is 15.0. The van der Waals surface area contributed by atoms with Gasteiger partial charge in [-0.25, -0.2) is 8.42 Å². The Labute approximate surface area is 123 Å². The largest absolute Gasteiger partial charge is 0.398 e. The summed E-state index contributed by atoms with van der Waals surface area (Å²) < 4.78 is 26.4. The van der Waals surface area contributed by atoms with E-state index < -0.39 is 10.0 Å². The molecular formula is C13H17N3O2S2. The quantitative estimate of drug-likeness (QED) is 0.916. The third kappa shape index (κ3) is 3.00. The van der Waals surface area contributed by atoms with Crippen molar-refractivity contribution in [1.29, 1.82) is 0 Å². The zero-order valence-corrected chi connectivity index (χ0v) is 13.0. The molecule has 0 saturated heterocycles. The van der Waals surface area contributed by atoms with Crippen molar-refractivity contribution in [2.45, 2.75) is 24.3 Å². The number of likely N-dealkylation sites (N-methyl/N-ethyl adjacent to an activating group) is 1. The van der Waals surface area contributed by atoms with E-state index in [1.165, 1.54) is 22.8 Å². The first-order valence-electron chi connectivity index (χ1n) is 6.13. The zero-order chi connectivity index (χ0) is 14.8. The second kappa shape index (κ2) is 5.90. The van der Waals surface area contributed by atoms with Crippen molar-refractivity contribution in [1.82, 2.24) is 9.29 Å². The molecule has 2 aromatic rings. The van der Waals surface area contributed by atoms with Crippen LogP contribution < -0.4 is 5.73 Å². The van der Waals surface area contributed by atoms with Gasteiger partial charge in [-0.2, -0.15) is 4.31 Å². The summed E-state index contributed by atoms with van der Waals surface area (Å²) in [6.45, 7) is 1.88. The number of nitrogens with two attached hydrogens (primary N) is 1. The maximum atomic E-state index is 12.5. The molecule has 0 amide bonds. The van der Waals surface area contributed by atoms with Gasteiger partial charge >= 0.3 is 0 Å². The molecule has 0 saturated carbocycles. The Morgan fingerprint density at radius 3 is 2.80 bits per heavy atom. The first-order chi connectivity index (χ1) is 9.43. The van der Waals surface area contributed by atoms with Crippen molar-refractivity contribution in [2.75, 3.05) is 12.8 Å². The summed E-state index contributed by atoms with van der Waals surface area (Å²) in [7, 11) is -2.05. The van der Waals surface area contributed by atoms with Crippen molar-refractivity contribution < 1.29 is 8.42 Å². The van der Waals surface area contributed by atoms with Crippen molar-refractivity contribution in [3.05, 3.63) is 40.8 Å². The Morgan fingerprint density at radius 1 is 1.45 bits per heavy atom. The number of sulfonamides is 1. The summed E-state index contributed by atoms with van der Waals surface area (Å²) >= 11 is 1.62. The number of nitrogen functional groups attached to an aromatic ring is 1. The van der Waals surface area contributed by atoms with E-state index >= 15 is 0 Å². The van der Waals surface area contributed by atoms with E-state index in [-0.39, 0.29) is 16.6 Å². The molecule has 108 valence electrons. The van der Waals surface area contributed by atoms with Crippen LogP contribution in [-0.2, 0) is 16.4 Å². The smallest absolute Gasteiger partial charge is 0.246 e. The van der Waals surface area contributed by atoms with Crippen LogP contribution in [0.25, 0.3) is 0 Å². The molecule has 5 nitrogen and oxygen atoms in total. The van der Waals surface area contributed by atoms with Crippen LogP contribution in [-0.4, -0.2) is 30.8 Å². The highest BCUT2D eigenvalue weighted by atomic mass is 32.2. The number of aromatic nitrogens is 1. The molecule has 0 aliphatic rings. The van der Waals surface area contributed by atoms with Gasteiger partial charge in [-0.15, -0.1) is 11.3 Å². The van der Waals surface area contributed by atoms with Crippen LogP contribution in [0.2, 0.25) is 0 Å². The molecule has 1 unspecified atom stereocenters. The number of hydrogen-bond acceptors (Lipinski definition) is 5. The maximum absolute atomic E-state index is 12.5. The lowest BCUT2D eigenvalue weighted by Crippen LogP contribution is -2.36. The number of rotatable bonds is 5. The molecule has 2 N–H and O–H groups in total. The number of nitrogens with zero attached hydrogens (tertiary/aromatic N) is 2. The van der Waals surface area contributed by atoms with Crippen molar-refractivity contribution in [2.24, 2.45) is 0 Å². The second-order valence-electron chi connectivity index (χ2n) is 4.57. The fourth-order valence-corrected chi connectivity index (χ4v) is 4.09. The summed E-state index contributed by atoms with van der Waals surface area (Å²) in [5.74, 6) is 0. The van der Waals surface area contributed by atoms with Gasteiger partial charge in [-0.05, 0) is 30.9 Å². The van der Waals surface area contributed by atoms with Crippen LogP contribution in [0.3, 0.4) is 0 Å². The van der Waals surface area contributed by atoms with Gasteiger partial charge < -0.3 is 5.73 Å². The van der Waals surface area contributed by atoms with E-state index in [2.05, 4.69) is 4.98 Å². The number of hydrogen-bond donors (Lipinski definition) is 1. The Morgan fingerprint density at radius 2 is 2.20 bits per heavy atom. The van der Waals surface area contributed by atoms with Gasteiger partial charge in [0.1, 0.15) is 4.90 Å². The molecule has 0 bridgehead atoms. The molecule has 0 radical (unpaired) electrons. The lowest BCUT2D eigenvalue weighted by atomic mass is 10.2. The molecule has 0 fully saturated rings. The molecule has 0 aliphatic carbocycles. The summed E-state index contributed by atoms with van der Waals surface area (Å²) in [6.07, 6.45) is 3.44. The Kier molecular flexibility index (Phi) is 4.42. The summed E-state index contributed by atoms with van der Waals surface area (Å²) in [4.78, 5) is 5.05. The lowest BCUT2D eigenvalue weighted by molar-refractivity contribution is 0.388.